The fraction of sp³-hybridized carbons (Fsp3) is 0.368. The Morgan fingerprint density at radius 2 is 1.81 bits per heavy atom. The molecule has 0 saturated carbocycles. The predicted molar refractivity (Wildman–Crippen MR) is 93.8 cm³/mol. The van der Waals surface area contributed by atoms with Crippen molar-refractivity contribution in [3.05, 3.63) is 60.2 Å². The Balaban J connectivity index is 2.88. The topological polar surface area (TPSA) is 91.3 Å². The van der Waals surface area contributed by atoms with Crippen molar-refractivity contribution in [1.29, 1.82) is 0 Å². The van der Waals surface area contributed by atoms with E-state index in [4.69, 9.17) is 9.47 Å². The number of rotatable bonds is 10. The maximum Gasteiger partial charge on any atom is 0.381 e. The lowest BCUT2D eigenvalue weighted by Crippen LogP contribution is -2.31. The highest BCUT2D eigenvalue weighted by Gasteiger charge is 2.29. The van der Waals surface area contributed by atoms with Gasteiger partial charge in [-0.25, -0.2) is 19.4 Å². The van der Waals surface area contributed by atoms with Crippen LogP contribution in [-0.4, -0.2) is 43.5 Å². The molecule has 0 amide bonds. The van der Waals surface area contributed by atoms with Gasteiger partial charge >= 0.3 is 11.9 Å². The third kappa shape index (κ3) is 7.18. The Morgan fingerprint density at radius 3 is 2.42 bits per heavy atom. The fourth-order valence-corrected chi connectivity index (χ4v) is 2.02. The van der Waals surface area contributed by atoms with Crippen molar-refractivity contribution < 1.29 is 33.9 Å². The average molecular weight is 364 g/mol. The number of carbonyl (C=O) groups excluding carboxylic acids is 2. The second-order valence-corrected chi connectivity index (χ2v) is 5.34. The summed E-state index contributed by atoms with van der Waals surface area (Å²) in [6, 6.07) is 8.73. The van der Waals surface area contributed by atoms with Gasteiger partial charge in [-0.3, -0.25) is 0 Å². The van der Waals surface area contributed by atoms with Crippen molar-refractivity contribution in [2.24, 2.45) is 0 Å². The van der Waals surface area contributed by atoms with Gasteiger partial charge in [0.05, 0.1) is 19.8 Å². The molecule has 142 valence electrons. The monoisotopic (exact) mass is 364 g/mol. The first-order chi connectivity index (χ1) is 12.4. The molecule has 0 fully saturated rings. The first-order valence-corrected chi connectivity index (χ1v) is 8.11. The quantitative estimate of drug-likeness (QED) is 0.294. The Morgan fingerprint density at radius 1 is 1.15 bits per heavy atom. The van der Waals surface area contributed by atoms with E-state index < -0.39 is 17.5 Å². The van der Waals surface area contributed by atoms with E-state index in [9.17, 15) is 14.7 Å². The van der Waals surface area contributed by atoms with Gasteiger partial charge in [-0.05, 0) is 25.5 Å². The Kier molecular flexibility index (Phi) is 9.29. The summed E-state index contributed by atoms with van der Waals surface area (Å²) < 4.78 is 10.7. The van der Waals surface area contributed by atoms with Crippen molar-refractivity contribution in [3.63, 3.8) is 0 Å². The minimum Gasteiger partial charge on any atom is -0.379 e. The van der Waals surface area contributed by atoms with Crippen LogP contribution in [0.1, 0.15) is 19.4 Å². The van der Waals surface area contributed by atoms with E-state index in [1.807, 2.05) is 6.92 Å². The smallest absolute Gasteiger partial charge is 0.379 e. The molecule has 0 radical (unpaired) electrons. The van der Waals surface area contributed by atoms with Crippen molar-refractivity contribution in [3.8, 4) is 0 Å². The normalized spacial score (nSPS) is 13.6. The molecule has 0 aliphatic rings. The van der Waals surface area contributed by atoms with Gasteiger partial charge < -0.3 is 14.6 Å². The Labute approximate surface area is 152 Å². The van der Waals surface area contributed by atoms with E-state index >= 15 is 0 Å². The van der Waals surface area contributed by atoms with Crippen molar-refractivity contribution >= 4 is 11.9 Å². The van der Waals surface area contributed by atoms with E-state index in [2.05, 4.69) is 16.4 Å². The standard InChI is InChI=1S/C19H24O7/c1-4-17(20)25-26-18(21)15(3)13-19(22,14-24-12-11-23-5-2)16-9-7-6-8-10-16/h4,6-10,13,22H,1,5,11-12,14H2,2-3H3/b15-13+. The van der Waals surface area contributed by atoms with Crippen LogP contribution in [0.2, 0.25) is 0 Å². The zero-order valence-electron chi connectivity index (χ0n) is 15.0. The molecule has 0 bridgehead atoms. The van der Waals surface area contributed by atoms with E-state index in [1.165, 1.54) is 13.0 Å². The summed E-state index contributed by atoms with van der Waals surface area (Å²) >= 11 is 0. The highest BCUT2D eigenvalue weighted by molar-refractivity contribution is 5.89. The van der Waals surface area contributed by atoms with Crippen LogP contribution < -0.4 is 0 Å². The molecule has 26 heavy (non-hydrogen) atoms. The first-order valence-electron chi connectivity index (χ1n) is 8.11. The van der Waals surface area contributed by atoms with E-state index in [-0.39, 0.29) is 18.8 Å². The lowest BCUT2D eigenvalue weighted by Gasteiger charge is -2.26. The van der Waals surface area contributed by atoms with Gasteiger partial charge in [0, 0.05) is 18.3 Å². The molecule has 1 atom stereocenters. The van der Waals surface area contributed by atoms with Crippen LogP contribution >= 0.6 is 0 Å². The molecule has 7 nitrogen and oxygen atoms in total. The molecular weight excluding hydrogens is 340 g/mol. The van der Waals surface area contributed by atoms with Crippen molar-refractivity contribution in [1.82, 2.24) is 0 Å². The molecule has 7 heteroatoms. The molecule has 1 aromatic carbocycles. The highest BCUT2D eigenvalue weighted by Crippen LogP contribution is 2.25. The third-order valence-corrected chi connectivity index (χ3v) is 3.32. The van der Waals surface area contributed by atoms with Gasteiger partial charge in [0.25, 0.3) is 0 Å². The minimum absolute atomic E-state index is 0.0432. The first kappa shape index (κ1) is 21.6. The van der Waals surface area contributed by atoms with Gasteiger partial charge in [0.15, 0.2) is 0 Å². The number of hydrogen-bond donors (Lipinski definition) is 1. The number of aliphatic hydroxyl groups is 1. The van der Waals surface area contributed by atoms with E-state index in [1.54, 1.807) is 30.3 Å². The fourth-order valence-electron chi connectivity index (χ4n) is 2.02. The lowest BCUT2D eigenvalue weighted by molar-refractivity contribution is -0.251. The van der Waals surface area contributed by atoms with E-state index in [0.717, 1.165) is 6.08 Å². The van der Waals surface area contributed by atoms with Gasteiger partial charge in [0.2, 0.25) is 0 Å². The van der Waals surface area contributed by atoms with Crippen LogP contribution in [-0.2, 0) is 34.4 Å². The zero-order chi connectivity index (χ0) is 19.4. The maximum absolute atomic E-state index is 11.9. The minimum atomic E-state index is -1.57. The summed E-state index contributed by atoms with van der Waals surface area (Å²) in [6.45, 7) is 7.65. The van der Waals surface area contributed by atoms with Gasteiger partial charge in [0.1, 0.15) is 5.60 Å². The Hall–Kier alpha value is -2.48. The summed E-state index contributed by atoms with van der Waals surface area (Å²) in [6.07, 6.45) is 2.16. The molecule has 0 aliphatic heterocycles. The summed E-state index contributed by atoms with van der Waals surface area (Å²) in [5.41, 5.74) is -0.993. The second kappa shape index (κ2) is 11.2. The van der Waals surface area contributed by atoms with Gasteiger partial charge in [-0.1, -0.05) is 36.9 Å². The molecule has 1 unspecified atom stereocenters. The van der Waals surface area contributed by atoms with Crippen LogP contribution in [0, 0.1) is 0 Å². The highest BCUT2D eigenvalue weighted by atomic mass is 17.2. The molecule has 0 spiro atoms. The van der Waals surface area contributed by atoms with Crippen LogP contribution in [0.15, 0.2) is 54.6 Å². The summed E-state index contributed by atoms with van der Waals surface area (Å²) in [7, 11) is 0. The molecule has 1 N–H and O–H groups in total. The SMILES string of the molecule is C=CC(=O)OOC(=O)/C(C)=C/C(O)(COCCOCC)c1ccccc1. The van der Waals surface area contributed by atoms with Gasteiger partial charge in [-0.2, -0.15) is 0 Å². The molecular formula is C19H24O7. The third-order valence-electron chi connectivity index (χ3n) is 3.32. The van der Waals surface area contributed by atoms with Crippen LogP contribution in [0.25, 0.3) is 0 Å². The molecule has 1 aromatic rings. The zero-order valence-corrected chi connectivity index (χ0v) is 15.0. The largest absolute Gasteiger partial charge is 0.381 e. The van der Waals surface area contributed by atoms with E-state index in [0.29, 0.717) is 18.8 Å². The summed E-state index contributed by atoms with van der Waals surface area (Å²) in [5.74, 6) is -1.81. The number of benzene rings is 1. The molecule has 0 aromatic heterocycles. The molecule has 1 rings (SSSR count). The van der Waals surface area contributed by atoms with Crippen LogP contribution in [0.4, 0.5) is 0 Å². The Bertz CT molecular complexity index is 624. The van der Waals surface area contributed by atoms with Crippen LogP contribution in [0.5, 0.6) is 0 Å². The summed E-state index contributed by atoms with van der Waals surface area (Å²) in [5, 5.41) is 11.0. The van der Waals surface area contributed by atoms with Crippen molar-refractivity contribution in [2.75, 3.05) is 26.4 Å². The molecule has 0 heterocycles. The lowest BCUT2D eigenvalue weighted by atomic mass is 9.92. The van der Waals surface area contributed by atoms with Crippen molar-refractivity contribution in [2.45, 2.75) is 19.4 Å². The van der Waals surface area contributed by atoms with Gasteiger partial charge in [-0.15, -0.1) is 0 Å². The maximum atomic E-state index is 11.9. The predicted octanol–water partition coefficient (Wildman–Crippen LogP) is 2.06. The molecule has 0 saturated heterocycles. The molecule has 0 aliphatic carbocycles. The summed E-state index contributed by atoms with van der Waals surface area (Å²) in [4.78, 5) is 31.5. The second-order valence-electron chi connectivity index (χ2n) is 5.34. The average Bonchev–Trinajstić information content (AvgIpc) is 2.66. The van der Waals surface area contributed by atoms with Crippen LogP contribution in [0.3, 0.4) is 0 Å². The number of hydrogen-bond acceptors (Lipinski definition) is 7. The number of carbonyl (C=O) groups is 2. The number of ether oxygens (including phenoxy) is 2.